The van der Waals surface area contributed by atoms with Gasteiger partial charge in [0, 0.05) is 51.5 Å². The molecular formula is C22H33N5O4S. The van der Waals surface area contributed by atoms with E-state index >= 15 is 0 Å². The number of carbonyl (C=O) groups excluding carboxylic acids is 3. The highest BCUT2D eigenvalue weighted by Gasteiger charge is 2.38. The van der Waals surface area contributed by atoms with Gasteiger partial charge in [-0.05, 0) is 42.7 Å². The number of hydrogen-bond acceptors (Lipinski definition) is 6. The molecule has 2 N–H and O–H groups in total. The van der Waals surface area contributed by atoms with Crippen LogP contribution in [0.3, 0.4) is 0 Å². The molecule has 2 atom stereocenters. The summed E-state index contributed by atoms with van der Waals surface area (Å²) in [4.78, 5) is 43.7. The van der Waals surface area contributed by atoms with E-state index in [-0.39, 0.29) is 24.7 Å². The lowest BCUT2D eigenvalue weighted by Crippen LogP contribution is -2.58. The van der Waals surface area contributed by atoms with Gasteiger partial charge in [-0.15, -0.1) is 0 Å². The van der Waals surface area contributed by atoms with Gasteiger partial charge < -0.3 is 20.3 Å². The number of nitrogens with zero attached hydrogens (tertiary/aromatic N) is 3. The number of amides is 4. The molecule has 0 unspecified atom stereocenters. The molecule has 1 saturated heterocycles. The normalized spacial score (nSPS) is 22.1. The summed E-state index contributed by atoms with van der Waals surface area (Å²) in [6.07, 6.45) is 0.893. The Kier molecular flexibility index (Phi) is 8.14. The molecule has 3 rings (SSSR count). The minimum Gasteiger partial charge on any atom is -0.463 e. The number of likely N-dealkylation sites (N-methyl/N-ethyl adjacent to an activating group) is 1. The lowest BCUT2D eigenvalue weighted by atomic mass is 9.96. The van der Waals surface area contributed by atoms with E-state index in [2.05, 4.69) is 15.5 Å². The highest BCUT2D eigenvalue weighted by Crippen LogP contribution is 2.32. The van der Waals surface area contributed by atoms with Gasteiger partial charge in [-0.2, -0.15) is 11.3 Å². The number of nitrogens with one attached hydrogen (secondary N) is 2. The topological polar surface area (TPSA) is 94.2 Å². The van der Waals surface area contributed by atoms with Gasteiger partial charge in [0.05, 0.1) is 18.2 Å². The van der Waals surface area contributed by atoms with Gasteiger partial charge >= 0.3 is 18.0 Å². The minimum atomic E-state index is -0.544. The van der Waals surface area contributed by atoms with Crippen molar-refractivity contribution in [2.75, 3.05) is 46.4 Å². The molecule has 2 aliphatic heterocycles. The van der Waals surface area contributed by atoms with Crippen molar-refractivity contribution in [3.05, 3.63) is 33.7 Å². The summed E-state index contributed by atoms with van der Waals surface area (Å²) in [5.74, 6) is -0.420. The Morgan fingerprint density at radius 3 is 2.72 bits per heavy atom. The zero-order chi connectivity index (χ0) is 23.3. The third-order valence-corrected chi connectivity index (χ3v) is 6.52. The van der Waals surface area contributed by atoms with Crippen LogP contribution >= 0.6 is 11.3 Å². The van der Waals surface area contributed by atoms with Crippen molar-refractivity contribution in [3.8, 4) is 0 Å². The maximum atomic E-state index is 13.0. The summed E-state index contributed by atoms with van der Waals surface area (Å²) < 4.78 is 5.37. The van der Waals surface area contributed by atoms with E-state index in [1.165, 1.54) is 16.2 Å². The van der Waals surface area contributed by atoms with E-state index in [0.717, 1.165) is 12.0 Å². The van der Waals surface area contributed by atoms with E-state index in [1.54, 1.807) is 14.0 Å². The Labute approximate surface area is 193 Å². The lowest BCUT2D eigenvalue weighted by Gasteiger charge is -2.42. The molecular weight excluding hydrogens is 430 g/mol. The summed E-state index contributed by atoms with van der Waals surface area (Å²) in [6.45, 7) is 9.04. The zero-order valence-corrected chi connectivity index (χ0v) is 20.0. The highest BCUT2D eigenvalue weighted by atomic mass is 32.1. The molecule has 3 heterocycles. The first-order valence-corrected chi connectivity index (χ1v) is 12.0. The Morgan fingerprint density at radius 2 is 2.09 bits per heavy atom. The Bertz CT molecular complexity index is 857. The molecule has 1 aromatic heterocycles. The van der Waals surface area contributed by atoms with Crippen LogP contribution < -0.4 is 10.6 Å². The first-order chi connectivity index (χ1) is 15.4. The molecule has 9 nitrogen and oxygen atoms in total. The molecule has 0 bridgehead atoms. The fourth-order valence-corrected chi connectivity index (χ4v) is 4.80. The van der Waals surface area contributed by atoms with Crippen molar-refractivity contribution in [1.29, 1.82) is 0 Å². The SMILES string of the molecule is CCCNC(=O)N1CCN(CC2=C(C(=O)OCC)[C@@H](c3ccsc3)NC(=O)N2C)C[C@@H]1C. The van der Waals surface area contributed by atoms with Crippen molar-refractivity contribution in [2.24, 2.45) is 0 Å². The molecule has 32 heavy (non-hydrogen) atoms. The summed E-state index contributed by atoms with van der Waals surface area (Å²) in [5.41, 5.74) is 1.96. The summed E-state index contributed by atoms with van der Waals surface area (Å²) in [7, 11) is 1.67. The second-order valence-corrected chi connectivity index (χ2v) is 8.87. The lowest BCUT2D eigenvalue weighted by molar-refractivity contribution is -0.139. The predicted molar refractivity (Wildman–Crippen MR) is 123 cm³/mol. The van der Waals surface area contributed by atoms with Gasteiger partial charge in [0.2, 0.25) is 0 Å². The van der Waals surface area contributed by atoms with Crippen molar-refractivity contribution >= 4 is 29.4 Å². The second kappa shape index (κ2) is 10.8. The average Bonchev–Trinajstić information content (AvgIpc) is 3.30. The van der Waals surface area contributed by atoms with Gasteiger partial charge in [-0.3, -0.25) is 9.80 Å². The first kappa shape index (κ1) is 24.1. The predicted octanol–water partition coefficient (Wildman–Crippen LogP) is 2.39. The van der Waals surface area contributed by atoms with Crippen LogP contribution in [0.25, 0.3) is 0 Å². The van der Waals surface area contributed by atoms with E-state index in [4.69, 9.17) is 4.74 Å². The number of carbonyl (C=O) groups is 3. The van der Waals surface area contributed by atoms with Crippen molar-refractivity contribution in [1.82, 2.24) is 25.3 Å². The fraction of sp³-hybridized carbons (Fsp3) is 0.591. The van der Waals surface area contributed by atoms with Gasteiger partial charge in [0.25, 0.3) is 0 Å². The Hall–Kier alpha value is -2.59. The number of urea groups is 2. The summed E-state index contributed by atoms with van der Waals surface area (Å²) in [5, 5.41) is 9.72. The number of esters is 1. The monoisotopic (exact) mass is 463 g/mol. The van der Waals surface area contributed by atoms with Crippen LogP contribution in [0.2, 0.25) is 0 Å². The van der Waals surface area contributed by atoms with Crippen molar-refractivity contribution in [2.45, 2.75) is 39.3 Å². The van der Waals surface area contributed by atoms with Crippen LogP contribution in [0.15, 0.2) is 28.1 Å². The number of hydrogen-bond donors (Lipinski definition) is 2. The third kappa shape index (κ3) is 5.24. The second-order valence-electron chi connectivity index (χ2n) is 8.09. The molecule has 1 fully saturated rings. The highest BCUT2D eigenvalue weighted by molar-refractivity contribution is 7.08. The molecule has 10 heteroatoms. The third-order valence-electron chi connectivity index (χ3n) is 5.82. The molecule has 4 amide bonds. The van der Waals surface area contributed by atoms with Crippen LogP contribution in [-0.2, 0) is 9.53 Å². The first-order valence-electron chi connectivity index (χ1n) is 11.1. The quantitative estimate of drug-likeness (QED) is 0.606. The molecule has 0 aromatic carbocycles. The van der Waals surface area contributed by atoms with E-state index in [1.807, 2.05) is 35.6 Å². The van der Waals surface area contributed by atoms with Crippen LogP contribution in [0, 0.1) is 0 Å². The maximum absolute atomic E-state index is 13.0. The van der Waals surface area contributed by atoms with Gasteiger partial charge in [-0.1, -0.05) is 6.92 Å². The molecule has 0 saturated carbocycles. The standard InChI is InChI=1S/C22H33N5O4S/c1-5-8-23-21(29)27-10-9-26(12-15(27)3)13-17-18(20(28)31-6-2)19(16-7-11-32-14-16)24-22(30)25(17)4/h7,11,14-15,19H,5-6,8-10,12-13H2,1-4H3,(H,23,29)(H,24,30)/t15-,19+/m0/s1. The van der Waals surface area contributed by atoms with Crippen molar-refractivity contribution < 1.29 is 19.1 Å². The Morgan fingerprint density at radius 1 is 1.31 bits per heavy atom. The fourth-order valence-electron chi connectivity index (χ4n) is 4.11. The zero-order valence-electron chi connectivity index (χ0n) is 19.2. The molecule has 1 aromatic rings. The largest absolute Gasteiger partial charge is 0.463 e. The Balaban J connectivity index is 1.84. The number of rotatable bonds is 7. The van der Waals surface area contributed by atoms with Gasteiger partial charge in [0.1, 0.15) is 0 Å². The van der Waals surface area contributed by atoms with Crippen LogP contribution in [-0.4, -0.2) is 85.2 Å². The van der Waals surface area contributed by atoms with E-state index < -0.39 is 12.0 Å². The van der Waals surface area contributed by atoms with Gasteiger partial charge in [-0.25, -0.2) is 14.4 Å². The molecule has 0 radical (unpaired) electrons. The van der Waals surface area contributed by atoms with E-state index in [9.17, 15) is 14.4 Å². The van der Waals surface area contributed by atoms with E-state index in [0.29, 0.717) is 44.0 Å². The average molecular weight is 464 g/mol. The van der Waals surface area contributed by atoms with Crippen LogP contribution in [0.1, 0.15) is 38.8 Å². The molecule has 0 spiro atoms. The summed E-state index contributed by atoms with van der Waals surface area (Å²) in [6, 6.07) is 1.08. The molecule has 2 aliphatic rings. The number of ether oxygens (including phenoxy) is 1. The number of piperazine rings is 1. The van der Waals surface area contributed by atoms with Crippen LogP contribution in [0.5, 0.6) is 0 Å². The smallest absolute Gasteiger partial charge is 0.338 e. The number of thiophene rings is 1. The van der Waals surface area contributed by atoms with Crippen molar-refractivity contribution in [3.63, 3.8) is 0 Å². The molecule has 0 aliphatic carbocycles. The minimum absolute atomic E-state index is 0.0163. The van der Waals surface area contributed by atoms with Gasteiger partial charge in [0.15, 0.2) is 0 Å². The maximum Gasteiger partial charge on any atom is 0.338 e. The summed E-state index contributed by atoms with van der Waals surface area (Å²) >= 11 is 1.51. The molecule has 176 valence electrons. The van der Waals surface area contributed by atoms with Crippen LogP contribution in [0.4, 0.5) is 9.59 Å².